The molecule has 0 unspecified atom stereocenters. The maximum absolute atomic E-state index is 11.5. The Labute approximate surface area is 197 Å². The first-order chi connectivity index (χ1) is 15.9. The van der Waals surface area contributed by atoms with E-state index >= 15 is 0 Å². The zero-order valence-corrected chi connectivity index (χ0v) is 20.6. The van der Waals surface area contributed by atoms with Crippen molar-refractivity contribution in [1.82, 2.24) is 4.90 Å². The molecule has 1 aromatic rings. The fourth-order valence-electron chi connectivity index (χ4n) is 9.47. The molecular formula is C28H39NO4. The highest BCUT2D eigenvalue weighted by molar-refractivity contribution is 5.63. The lowest BCUT2D eigenvalue weighted by Crippen LogP contribution is -2.82. The highest BCUT2D eigenvalue weighted by atomic mass is 16.6. The van der Waals surface area contributed by atoms with E-state index < -0.39 is 5.60 Å². The van der Waals surface area contributed by atoms with Crippen LogP contribution >= 0.6 is 0 Å². The smallest absolute Gasteiger partial charge is 0.165 e. The minimum atomic E-state index is -0.451. The van der Waals surface area contributed by atoms with E-state index in [1.54, 1.807) is 7.11 Å². The zero-order chi connectivity index (χ0) is 22.8. The topological polar surface area (TPSA) is 51.2 Å². The molecule has 33 heavy (non-hydrogen) atoms. The maximum atomic E-state index is 11.5. The van der Waals surface area contributed by atoms with E-state index in [-0.39, 0.29) is 34.9 Å². The first-order valence-corrected chi connectivity index (χ1v) is 13.3. The van der Waals surface area contributed by atoms with Crippen LogP contribution in [0.3, 0.4) is 0 Å². The van der Waals surface area contributed by atoms with Crippen LogP contribution in [0, 0.1) is 23.2 Å². The zero-order valence-electron chi connectivity index (χ0n) is 20.6. The fraction of sp³-hybridized carbons (Fsp3) is 0.786. The molecule has 5 nitrogen and oxygen atoms in total. The van der Waals surface area contributed by atoms with Crippen LogP contribution in [-0.2, 0) is 16.6 Å². The number of benzene rings is 1. The van der Waals surface area contributed by atoms with Crippen LogP contribution in [-0.4, -0.2) is 61.2 Å². The first kappa shape index (κ1) is 21.0. The number of fused-ring (bicyclic) bond motifs is 2. The second-order valence-corrected chi connectivity index (χ2v) is 12.4. The molecule has 4 bridgehead atoms. The molecule has 0 radical (unpaired) electrons. The SMILES string of the molecule is COc1ccc2c3c1O[C@H]1[C@@]4(OC)CC[C@@]5(C[C@@H]4[C@@H](O)C(C)C)[C@@H](C2)N(CC2CC2)CC[C@]315. The van der Waals surface area contributed by atoms with Gasteiger partial charge >= 0.3 is 0 Å². The maximum Gasteiger partial charge on any atom is 0.165 e. The summed E-state index contributed by atoms with van der Waals surface area (Å²) in [7, 11) is 3.62. The van der Waals surface area contributed by atoms with Crippen molar-refractivity contribution in [2.45, 2.75) is 88.1 Å². The van der Waals surface area contributed by atoms with Gasteiger partial charge < -0.3 is 19.3 Å². The molecule has 0 amide bonds. The van der Waals surface area contributed by atoms with Crippen molar-refractivity contribution in [1.29, 1.82) is 0 Å². The van der Waals surface area contributed by atoms with E-state index in [4.69, 9.17) is 14.2 Å². The summed E-state index contributed by atoms with van der Waals surface area (Å²) in [4.78, 5) is 2.86. The van der Waals surface area contributed by atoms with Gasteiger partial charge in [-0.05, 0) is 75.0 Å². The third-order valence-corrected chi connectivity index (χ3v) is 11.0. The van der Waals surface area contributed by atoms with Gasteiger partial charge in [-0.25, -0.2) is 0 Å². The van der Waals surface area contributed by atoms with E-state index in [9.17, 15) is 5.11 Å². The van der Waals surface area contributed by atoms with Gasteiger partial charge in [-0.1, -0.05) is 19.9 Å². The van der Waals surface area contributed by atoms with Crippen LogP contribution in [0.5, 0.6) is 11.5 Å². The summed E-state index contributed by atoms with van der Waals surface area (Å²) >= 11 is 0. The Hall–Kier alpha value is -1.30. The highest BCUT2D eigenvalue weighted by Gasteiger charge is 2.81. The molecule has 1 N–H and O–H groups in total. The average molecular weight is 454 g/mol. The van der Waals surface area contributed by atoms with E-state index in [1.165, 1.54) is 36.9 Å². The van der Waals surface area contributed by atoms with Crippen molar-refractivity contribution >= 4 is 0 Å². The lowest BCUT2D eigenvalue weighted by atomic mass is 9.34. The molecule has 0 aromatic heterocycles. The minimum absolute atomic E-state index is 0.0311. The summed E-state index contributed by atoms with van der Waals surface area (Å²) in [5.41, 5.74) is 2.55. The third kappa shape index (κ3) is 2.31. The molecular weight excluding hydrogens is 414 g/mol. The second kappa shape index (κ2) is 6.67. The van der Waals surface area contributed by atoms with Crippen molar-refractivity contribution in [3.8, 4) is 11.5 Å². The van der Waals surface area contributed by atoms with Crippen LogP contribution < -0.4 is 9.47 Å². The number of nitrogens with zero attached hydrogens (tertiary/aromatic N) is 1. The van der Waals surface area contributed by atoms with Crippen LogP contribution in [0.15, 0.2) is 12.1 Å². The Kier molecular flexibility index (Phi) is 4.25. The van der Waals surface area contributed by atoms with Gasteiger partial charge in [0, 0.05) is 42.0 Å². The van der Waals surface area contributed by atoms with E-state index in [0.717, 1.165) is 49.6 Å². The van der Waals surface area contributed by atoms with Crippen LogP contribution in [0.4, 0.5) is 0 Å². The second-order valence-electron chi connectivity index (χ2n) is 12.4. The molecule has 5 aliphatic carbocycles. The van der Waals surface area contributed by atoms with Gasteiger partial charge in [-0.15, -0.1) is 0 Å². The Morgan fingerprint density at radius 3 is 2.70 bits per heavy atom. The molecule has 5 heteroatoms. The molecule has 8 rings (SSSR count). The Bertz CT molecular complexity index is 990. The third-order valence-electron chi connectivity index (χ3n) is 11.0. The quantitative estimate of drug-likeness (QED) is 0.707. The molecule has 2 spiro atoms. The summed E-state index contributed by atoms with van der Waals surface area (Å²) in [6, 6.07) is 4.96. The fourth-order valence-corrected chi connectivity index (χ4v) is 9.47. The standard InChI is InChI=1S/C28H39NO4/c1-16(2)23(30)19-14-26-9-10-28(19,32-4)25-27(26)11-12-29(15-17-5-6-17)21(26)13-18-7-8-20(31-3)24(33-25)22(18)27/h7-8,16-17,19,21,23,25,30H,5-6,9-15H2,1-4H3/t19-,21-,23+,25-,26-,27+,28-/m1/s1. The van der Waals surface area contributed by atoms with Gasteiger partial charge in [0.25, 0.3) is 0 Å². The Morgan fingerprint density at radius 2 is 2.00 bits per heavy atom. The van der Waals surface area contributed by atoms with Gasteiger partial charge in [-0.2, -0.15) is 0 Å². The molecule has 1 saturated heterocycles. The van der Waals surface area contributed by atoms with Crippen molar-refractivity contribution in [3.63, 3.8) is 0 Å². The van der Waals surface area contributed by atoms with Gasteiger partial charge in [0.2, 0.25) is 0 Å². The summed E-state index contributed by atoms with van der Waals surface area (Å²) in [5, 5.41) is 11.5. The molecule has 7 aliphatic rings. The monoisotopic (exact) mass is 453 g/mol. The number of aliphatic hydroxyl groups is 1. The van der Waals surface area contributed by atoms with Gasteiger partial charge in [0.05, 0.1) is 13.2 Å². The molecule has 1 aromatic carbocycles. The summed E-state index contributed by atoms with van der Waals surface area (Å²) in [6.45, 7) is 6.70. The summed E-state index contributed by atoms with van der Waals surface area (Å²) in [5.74, 6) is 3.02. The minimum Gasteiger partial charge on any atom is -0.493 e. The van der Waals surface area contributed by atoms with Gasteiger partial charge in [0.15, 0.2) is 11.5 Å². The number of ether oxygens (including phenoxy) is 3. The normalized spacial score (nSPS) is 43.4. The predicted octanol–water partition coefficient (Wildman–Crippen LogP) is 3.94. The van der Waals surface area contributed by atoms with Gasteiger partial charge in [0.1, 0.15) is 11.7 Å². The molecule has 180 valence electrons. The molecule has 7 atom stereocenters. The van der Waals surface area contributed by atoms with Crippen molar-refractivity contribution in [2.24, 2.45) is 23.2 Å². The van der Waals surface area contributed by atoms with Crippen molar-refractivity contribution in [2.75, 3.05) is 27.3 Å². The van der Waals surface area contributed by atoms with E-state index in [0.29, 0.717) is 6.04 Å². The molecule has 2 heterocycles. The Morgan fingerprint density at radius 1 is 1.18 bits per heavy atom. The molecule has 4 saturated carbocycles. The Balaban J connectivity index is 1.46. The lowest BCUT2D eigenvalue weighted by Gasteiger charge is -2.74. The first-order valence-electron chi connectivity index (χ1n) is 13.3. The summed E-state index contributed by atoms with van der Waals surface area (Å²) < 4.78 is 19.4. The lowest BCUT2D eigenvalue weighted by molar-refractivity contribution is -0.292. The molecule has 2 aliphatic heterocycles. The number of likely N-dealkylation sites (tertiary alicyclic amines) is 1. The summed E-state index contributed by atoms with van der Waals surface area (Å²) in [6.07, 6.45) is 7.78. The number of methoxy groups -OCH3 is 2. The van der Waals surface area contributed by atoms with Gasteiger partial charge in [-0.3, -0.25) is 4.90 Å². The van der Waals surface area contributed by atoms with Crippen LogP contribution in [0.1, 0.15) is 63.5 Å². The van der Waals surface area contributed by atoms with Crippen molar-refractivity contribution < 1.29 is 19.3 Å². The predicted molar refractivity (Wildman–Crippen MR) is 126 cm³/mol. The van der Waals surface area contributed by atoms with E-state index in [1.807, 2.05) is 7.11 Å². The number of aliphatic hydroxyl groups excluding tert-OH is 1. The number of rotatable bonds is 6. The largest absolute Gasteiger partial charge is 0.493 e. The van der Waals surface area contributed by atoms with E-state index in [2.05, 4.69) is 30.9 Å². The number of hydrogen-bond acceptors (Lipinski definition) is 5. The number of hydrogen-bond donors (Lipinski definition) is 1. The van der Waals surface area contributed by atoms with Crippen LogP contribution in [0.2, 0.25) is 0 Å². The number of piperidine rings is 1. The van der Waals surface area contributed by atoms with Crippen molar-refractivity contribution in [3.05, 3.63) is 23.3 Å². The average Bonchev–Trinajstić information content (AvgIpc) is 3.56. The highest BCUT2D eigenvalue weighted by Crippen LogP contribution is 2.77. The van der Waals surface area contributed by atoms with Crippen LogP contribution in [0.25, 0.3) is 0 Å². The molecule has 5 fully saturated rings.